The van der Waals surface area contributed by atoms with Crippen molar-refractivity contribution < 1.29 is 18.7 Å². The minimum atomic E-state index is -2.62. The lowest BCUT2D eigenvalue weighted by molar-refractivity contribution is 0.0644. The zero-order valence-electron chi connectivity index (χ0n) is 12.5. The number of nitrogens with one attached hydrogen (secondary N) is 1. The van der Waals surface area contributed by atoms with Gasteiger partial charge in [-0.2, -0.15) is 5.10 Å². The van der Waals surface area contributed by atoms with Crippen molar-refractivity contribution in [1.29, 1.82) is 0 Å². The first-order chi connectivity index (χ1) is 11.0. The van der Waals surface area contributed by atoms with E-state index in [1.165, 1.54) is 0 Å². The number of fused-ring (bicyclic) bond motifs is 1. The minimum absolute atomic E-state index is 0.0921. The van der Waals surface area contributed by atoms with Crippen LogP contribution < -0.4 is 5.32 Å². The maximum atomic E-state index is 13.4. The van der Waals surface area contributed by atoms with Crippen LogP contribution in [0.5, 0.6) is 0 Å². The Balaban J connectivity index is 1.98. The van der Waals surface area contributed by atoms with Crippen molar-refractivity contribution >= 4 is 11.8 Å². The summed E-state index contributed by atoms with van der Waals surface area (Å²) in [5.41, 5.74) is 1.92. The molecule has 3 rings (SSSR count). The fraction of sp³-hybridized carbons (Fsp3) is 0.375. The third-order valence-corrected chi connectivity index (χ3v) is 4.21. The molecule has 2 atom stereocenters. The van der Waals surface area contributed by atoms with Crippen molar-refractivity contribution in [2.45, 2.75) is 38.3 Å². The van der Waals surface area contributed by atoms with Crippen LogP contribution in [0.2, 0.25) is 0 Å². The molecule has 1 aromatic heterocycles. The van der Waals surface area contributed by atoms with E-state index in [-0.39, 0.29) is 23.8 Å². The normalized spacial score (nSPS) is 20.2. The molecule has 0 bridgehead atoms. The average molecular weight is 321 g/mol. The molecule has 5 nitrogen and oxygen atoms in total. The highest BCUT2D eigenvalue weighted by Gasteiger charge is 2.36. The fourth-order valence-electron chi connectivity index (χ4n) is 2.89. The first-order valence-corrected chi connectivity index (χ1v) is 7.45. The Kier molecular flexibility index (Phi) is 4.02. The van der Waals surface area contributed by atoms with E-state index < -0.39 is 18.4 Å². The summed E-state index contributed by atoms with van der Waals surface area (Å²) in [5, 5.41) is 16.1. The molecule has 122 valence electrons. The van der Waals surface area contributed by atoms with E-state index in [2.05, 4.69) is 10.4 Å². The molecule has 1 aromatic carbocycles. The quantitative estimate of drug-likeness (QED) is 0.904. The molecule has 0 amide bonds. The lowest BCUT2D eigenvalue weighted by Gasteiger charge is -2.32. The van der Waals surface area contributed by atoms with E-state index in [4.69, 9.17) is 0 Å². The molecule has 0 fully saturated rings. The van der Waals surface area contributed by atoms with Crippen LogP contribution in [0.15, 0.2) is 30.5 Å². The van der Waals surface area contributed by atoms with Gasteiger partial charge in [0, 0.05) is 0 Å². The molecule has 2 aromatic rings. The molecule has 2 N–H and O–H groups in total. The molecule has 0 radical (unpaired) electrons. The van der Waals surface area contributed by atoms with Gasteiger partial charge in [-0.05, 0) is 24.0 Å². The predicted octanol–water partition coefficient (Wildman–Crippen LogP) is 3.51. The summed E-state index contributed by atoms with van der Waals surface area (Å²) in [6, 6.07) is 6.19. The lowest BCUT2D eigenvalue weighted by Crippen LogP contribution is -2.31. The molecule has 0 spiro atoms. The van der Waals surface area contributed by atoms with Gasteiger partial charge >= 0.3 is 5.97 Å². The minimum Gasteiger partial charge on any atom is -0.477 e. The van der Waals surface area contributed by atoms with E-state index >= 15 is 0 Å². The maximum Gasteiger partial charge on any atom is 0.341 e. The second kappa shape index (κ2) is 5.98. The molecule has 0 saturated heterocycles. The SMILES string of the molecule is CCc1ccc([C@H]2C[C@@H](C(F)F)n3ncc(C(=O)O)c3N2)cc1. The number of rotatable bonds is 4. The third kappa shape index (κ3) is 2.78. The number of carboxylic acids is 1. The number of alkyl halides is 2. The van der Waals surface area contributed by atoms with Gasteiger partial charge in [-0.3, -0.25) is 0 Å². The van der Waals surface area contributed by atoms with E-state index in [0.29, 0.717) is 0 Å². The summed E-state index contributed by atoms with van der Waals surface area (Å²) in [7, 11) is 0. The van der Waals surface area contributed by atoms with Gasteiger partial charge in [0.05, 0.1) is 12.2 Å². The van der Waals surface area contributed by atoms with Crippen LogP contribution in [0.25, 0.3) is 0 Å². The number of carbonyl (C=O) groups is 1. The summed E-state index contributed by atoms with van der Waals surface area (Å²) in [6.45, 7) is 2.04. The summed E-state index contributed by atoms with van der Waals surface area (Å²) < 4.78 is 27.9. The highest BCUT2D eigenvalue weighted by atomic mass is 19.3. The number of aryl methyl sites for hydroxylation is 1. The summed E-state index contributed by atoms with van der Waals surface area (Å²) in [4.78, 5) is 11.3. The van der Waals surface area contributed by atoms with Gasteiger partial charge in [-0.1, -0.05) is 31.2 Å². The zero-order chi connectivity index (χ0) is 16.6. The number of halogens is 2. The number of hydrogen-bond donors (Lipinski definition) is 2. The van der Waals surface area contributed by atoms with Crippen molar-refractivity contribution in [3.63, 3.8) is 0 Å². The van der Waals surface area contributed by atoms with Gasteiger partial charge in [0.1, 0.15) is 17.4 Å². The molecule has 2 heterocycles. The van der Waals surface area contributed by atoms with Crippen molar-refractivity contribution in [1.82, 2.24) is 9.78 Å². The van der Waals surface area contributed by atoms with Crippen molar-refractivity contribution in [3.8, 4) is 0 Å². The first-order valence-electron chi connectivity index (χ1n) is 7.45. The molecule has 1 aliphatic heterocycles. The second-order valence-corrected chi connectivity index (χ2v) is 5.59. The third-order valence-electron chi connectivity index (χ3n) is 4.21. The van der Waals surface area contributed by atoms with Gasteiger partial charge in [-0.25, -0.2) is 18.3 Å². The number of nitrogens with zero attached hydrogens (tertiary/aromatic N) is 2. The Labute approximate surface area is 131 Å². The Bertz CT molecular complexity index is 713. The van der Waals surface area contributed by atoms with Gasteiger partial charge in [0.15, 0.2) is 0 Å². The predicted molar refractivity (Wildman–Crippen MR) is 81.0 cm³/mol. The molecular formula is C16H17F2N3O2. The number of anilines is 1. The Morgan fingerprint density at radius 3 is 2.70 bits per heavy atom. The number of aromatic nitrogens is 2. The monoisotopic (exact) mass is 321 g/mol. The van der Waals surface area contributed by atoms with Gasteiger partial charge in [0.25, 0.3) is 6.43 Å². The van der Waals surface area contributed by atoms with Gasteiger partial charge in [-0.15, -0.1) is 0 Å². The number of benzene rings is 1. The molecule has 7 heteroatoms. The van der Waals surface area contributed by atoms with Crippen LogP contribution in [-0.2, 0) is 6.42 Å². The van der Waals surface area contributed by atoms with Crippen LogP contribution >= 0.6 is 0 Å². The van der Waals surface area contributed by atoms with E-state index in [9.17, 15) is 18.7 Å². The van der Waals surface area contributed by atoms with Crippen LogP contribution in [0.1, 0.15) is 46.9 Å². The smallest absolute Gasteiger partial charge is 0.341 e. The summed E-state index contributed by atoms with van der Waals surface area (Å²) >= 11 is 0. The highest BCUT2D eigenvalue weighted by Crippen LogP contribution is 2.39. The Morgan fingerprint density at radius 1 is 1.43 bits per heavy atom. The van der Waals surface area contributed by atoms with Crippen molar-refractivity contribution in [3.05, 3.63) is 47.2 Å². The summed E-state index contributed by atoms with van der Waals surface area (Å²) in [6.07, 6.45) is -0.456. The van der Waals surface area contributed by atoms with E-state index in [1.54, 1.807) is 0 Å². The molecule has 0 saturated carbocycles. The lowest BCUT2D eigenvalue weighted by atomic mass is 9.96. The highest BCUT2D eigenvalue weighted by molar-refractivity contribution is 5.93. The van der Waals surface area contributed by atoms with Crippen LogP contribution in [0, 0.1) is 0 Å². The topological polar surface area (TPSA) is 67.2 Å². The summed E-state index contributed by atoms with van der Waals surface area (Å²) in [5.74, 6) is -1.05. The van der Waals surface area contributed by atoms with Crippen LogP contribution in [-0.4, -0.2) is 27.3 Å². The largest absolute Gasteiger partial charge is 0.477 e. The van der Waals surface area contributed by atoms with Gasteiger partial charge in [0.2, 0.25) is 0 Å². The van der Waals surface area contributed by atoms with Crippen molar-refractivity contribution in [2.24, 2.45) is 0 Å². The molecule has 1 aliphatic rings. The zero-order valence-corrected chi connectivity index (χ0v) is 12.5. The number of aromatic carboxylic acids is 1. The Hall–Kier alpha value is -2.44. The first kappa shape index (κ1) is 15.5. The van der Waals surface area contributed by atoms with Crippen LogP contribution in [0.4, 0.5) is 14.6 Å². The van der Waals surface area contributed by atoms with Crippen molar-refractivity contribution in [2.75, 3.05) is 5.32 Å². The molecule has 0 unspecified atom stereocenters. The maximum absolute atomic E-state index is 13.4. The fourth-order valence-corrected chi connectivity index (χ4v) is 2.89. The Morgan fingerprint density at radius 2 is 2.13 bits per heavy atom. The molecule has 23 heavy (non-hydrogen) atoms. The molecule has 0 aliphatic carbocycles. The van der Waals surface area contributed by atoms with E-state index in [0.717, 1.165) is 28.4 Å². The standard InChI is InChI=1S/C16H17F2N3O2/c1-2-9-3-5-10(6-4-9)12-7-13(14(17)18)21-15(20-12)11(8-19-21)16(22)23/h3-6,8,12-14,20H,2,7H2,1H3,(H,22,23)/t12-,13+/m1/s1. The average Bonchev–Trinajstić information content (AvgIpc) is 2.98. The molecular weight excluding hydrogens is 304 g/mol. The van der Waals surface area contributed by atoms with Crippen LogP contribution in [0.3, 0.4) is 0 Å². The van der Waals surface area contributed by atoms with Gasteiger partial charge < -0.3 is 10.4 Å². The number of carboxylic acid groups (broad SMARTS) is 1. The second-order valence-electron chi connectivity index (χ2n) is 5.59. The van der Waals surface area contributed by atoms with E-state index in [1.807, 2.05) is 31.2 Å². The number of hydrogen-bond acceptors (Lipinski definition) is 3.